The smallest absolute Gasteiger partial charge is 0.244 e. The van der Waals surface area contributed by atoms with Gasteiger partial charge in [-0.1, -0.05) is 0 Å². The second-order valence-corrected chi connectivity index (χ2v) is 5.59. The Hall–Kier alpha value is -1.80. The van der Waals surface area contributed by atoms with Crippen LogP contribution in [0.4, 0.5) is 0 Å². The van der Waals surface area contributed by atoms with Gasteiger partial charge in [0.2, 0.25) is 10.0 Å². The fourth-order valence-corrected chi connectivity index (χ4v) is 2.38. The van der Waals surface area contributed by atoms with Crippen molar-refractivity contribution in [2.75, 3.05) is 0 Å². The van der Waals surface area contributed by atoms with Gasteiger partial charge in [0.05, 0.1) is 18.4 Å². The van der Waals surface area contributed by atoms with E-state index < -0.39 is 10.0 Å². The summed E-state index contributed by atoms with van der Waals surface area (Å²) in [7, 11) is -1.88. The molecule has 18 heavy (non-hydrogen) atoms. The Morgan fingerprint density at radius 3 is 2.78 bits per heavy atom. The first-order valence-electron chi connectivity index (χ1n) is 5.23. The van der Waals surface area contributed by atoms with Crippen molar-refractivity contribution in [2.45, 2.75) is 18.4 Å². The van der Waals surface area contributed by atoms with Crippen molar-refractivity contribution >= 4 is 10.0 Å². The topological polar surface area (TPSA) is 89.8 Å². The van der Waals surface area contributed by atoms with E-state index in [2.05, 4.69) is 19.8 Å². The summed E-state index contributed by atoms with van der Waals surface area (Å²) in [6.07, 6.45) is 4.14. The molecule has 0 atom stereocenters. The second kappa shape index (κ2) is 4.83. The number of aryl methyl sites for hydroxylation is 2. The van der Waals surface area contributed by atoms with Gasteiger partial charge in [0.1, 0.15) is 11.2 Å². The monoisotopic (exact) mass is 267 g/mol. The molecular weight excluding hydrogens is 254 g/mol. The lowest BCUT2D eigenvalue weighted by atomic mass is 10.3. The van der Waals surface area contributed by atoms with Crippen LogP contribution in [0.2, 0.25) is 0 Å². The minimum absolute atomic E-state index is 0.126. The number of rotatable bonds is 4. The van der Waals surface area contributed by atoms with Crippen molar-refractivity contribution in [1.29, 1.82) is 0 Å². The molecule has 0 spiro atoms. The van der Waals surface area contributed by atoms with Crippen molar-refractivity contribution in [3.63, 3.8) is 0 Å². The predicted molar refractivity (Wildman–Crippen MR) is 64.0 cm³/mol. The van der Waals surface area contributed by atoms with E-state index in [9.17, 15) is 8.42 Å². The lowest BCUT2D eigenvalue weighted by Crippen LogP contribution is -2.23. The van der Waals surface area contributed by atoms with E-state index in [1.54, 1.807) is 13.1 Å². The summed E-state index contributed by atoms with van der Waals surface area (Å²) in [5.74, 6) is 0. The van der Waals surface area contributed by atoms with Crippen LogP contribution < -0.4 is 4.72 Å². The SMILES string of the molecule is Cc1cc(CNS(=O)(=O)c2cnn(C)c2)ncn1. The Bertz CT molecular complexity index is 650. The molecular formula is C10H13N5O2S. The van der Waals surface area contributed by atoms with Gasteiger partial charge in [-0.15, -0.1) is 0 Å². The van der Waals surface area contributed by atoms with Crippen LogP contribution >= 0.6 is 0 Å². The first-order valence-corrected chi connectivity index (χ1v) is 6.71. The van der Waals surface area contributed by atoms with E-state index in [1.807, 2.05) is 6.92 Å². The third-order valence-corrected chi connectivity index (χ3v) is 3.65. The molecule has 7 nitrogen and oxygen atoms in total. The van der Waals surface area contributed by atoms with Crippen molar-refractivity contribution in [1.82, 2.24) is 24.5 Å². The highest BCUT2D eigenvalue weighted by atomic mass is 32.2. The molecule has 2 aromatic heterocycles. The summed E-state index contributed by atoms with van der Waals surface area (Å²) in [4.78, 5) is 8.06. The van der Waals surface area contributed by atoms with Crippen LogP contribution in [0.25, 0.3) is 0 Å². The number of sulfonamides is 1. The van der Waals surface area contributed by atoms with Crippen molar-refractivity contribution in [3.05, 3.63) is 36.2 Å². The largest absolute Gasteiger partial charge is 0.274 e. The number of hydrogen-bond donors (Lipinski definition) is 1. The third kappa shape index (κ3) is 2.90. The highest BCUT2D eigenvalue weighted by Crippen LogP contribution is 2.07. The standard InChI is InChI=1S/C10H13N5O2S/c1-8-3-9(12-7-11-8)4-14-18(16,17)10-5-13-15(2)6-10/h3,5-7,14H,4H2,1-2H3. The molecule has 0 aliphatic carbocycles. The molecule has 0 saturated heterocycles. The van der Waals surface area contributed by atoms with Gasteiger partial charge in [0.15, 0.2) is 0 Å². The van der Waals surface area contributed by atoms with Crippen molar-refractivity contribution in [3.8, 4) is 0 Å². The Kier molecular flexibility index (Phi) is 3.39. The maximum Gasteiger partial charge on any atom is 0.244 e. The molecule has 0 radical (unpaired) electrons. The molecule has 8 heteroatoms. The highest BCUT2D eigenvalue weighted by molar-refractivity contribution is 7.89. The van der Waals surface area contributed by atoms with Gasteiger partial charge in [0.25, 0.3) is 0 Å². The predicted octanol–water partition coefficient (Wildman–Crippen LogP) is -0.00298. The number of aromatic nitrogens is 4. The van der Waals surface area contributed by atoms with Gasteiger partial charge in [-0.3, -0.25) is 4.68 Å². The van der Waals surface area contributed by atoms with Gasteiger partial charge >= 0.3 is 0 Å². The fourth-order valence-electron chi connectivity index (χ4n) is 1.40. The van der Waals surface area contributed by atoms with Crippen LogP contribution in [-0.2, 0) is 23.6 Å². The zero-order chi connectivity index (χ0) is 13.2. The molecule has 0 saturated carbocycles. The Labute approximate surface area is 105 Å². The van der Waals surface area contributed by atoms with Crippen LogP contribution in [0.15, 0.2) is 29.7 Å². The van der Waals surface area contributed by atoms with Crippen LogP contribution in [0.5, 0.6) is 0 Å². The molecule has 96 valence electrons. The van der Waals surface area contributed by atoms with E-state index in [1.165, 1.54) is 23.4 Å². The van der Waals surface area contributed by atoms with Crippen LogP contribution in [0.1, 0.15) is 11.4 Å². The zero-order valence-electron chi connectivity index (χ0n) is 10.0. The minimum Gasteiger partial charge on any atom is -0.274 e. The molecule has 0 bridgehead atoms. The van der Waals surface area contributed by atoms with Gasteiger partial charge in [-0.05, 0) is 13.0 Å². The Morgan fingerprint density at radius 2 is 2.17 bits per heavy atom. The average molecular weight is 267 g/mol. The summed E-state index contributed by atoms with van der Waals surface area (Å²) in [5, 5.41) is 3.82. The van der Waals surface area contributed by atoms with E-state index in [0.29, 0.717) is 5.69 Å². The molecule has 2 heterocycles. The molecule has 0 amide bonds. The van der Waals surface area contributed by atoms with Crippen LogP contribution in [0, 0.1) is 6.92 Å². The molecule has 0 aliphatic rings. The Morgan fingerprint density at radius 1 is 1.39 bits per heavy atom. The summed E-state index contributed by atoms with van der Waals surface area (Å²) >= 11 is 0. The summed E-state index contributed by atoms with van der Waals surface area (Å²) in [6, 6.07) is 1.73. The maximum atomic E-state index is 11.9. The van der Waals surface area contributed by atoms with Gasteiger partial charge < -0.3 is 0 Å². The fraction of sp³-hybridized carbons (Fsp3) is 0.300. The zero-order valence-corrected chi connectivity index (χ0v) is 10.8. The molecule has 0 fully saturated rings. The van der Waals surface area contributed by atoms with Crippen LogP contribution in [0.3, 0.4) is 0 Å². The molecule has 1 N–H and O–H groups in total. The first-order chi connectivity index (χ1) is 8.47. The molecule has 0 aliphatic heterocycles. The van der Waals surface area contributed by atoms with E-state index in [-0.39, 0.29) is 11.4 Å². The van der Waals surface area contributed by atoms with Crippen molar-refractivity contribution in [2.24, 2.45) is 7.05 Å². The van der Waals surface area contributed by atoms with Crippen molar-refractivity contribution < 1.29 is 8.42 Å². The average Bonchev–Trinajstić information content (AvgIpc) is 2.74. The number of nitrogens with zero attached hydrogens (tertiary/aromatic N) is 4. The highest BCUT2D eigenvalue weighted by Gasteiger charge is 2.15. The van der Waals surface area contributed by atoms with E-state index in [0.717, 1.165) is 5.69 Å². The Balaban J connectivity index is 2.10. The third-order valence-electron chi connectivity index (χ3n) is 2.30. The van der Waals surface area contributed by atoms with Gasteiger partial charge in [-0.25, -0.2) is 23.1 Å². The molecule has 2 aromatic rings. The summed E-state index contributed by atoms with van der Waals surface area (Å²) < 4.78 is 27.7. The number of nitrogens with one attached hydrogen (secondary N) is 1. The van der Waals surface area contributed by atoms with E-state index >= 15 is 0 Å². The lowest BCUT2D eigenvalue weighted by molar-refractivity contribution is 0.580. The van der Waals surface area contributed by atoms with Gasteiger partial charge in [-0.2, -0.15) is 5.10 Å². The van der Waals surface area contributed by atoms with Crippen LogP contribution in [-0.4, -0.2) is 28.2 Å². The number of hydrogen-bond acceptors (Lipinski definition) is 5. The summed E-state index contributed by atoms with van der Waals surface area (Å²) in [6.45, 7) is 1.95. The lowest BCUT2D eigenvalue weighted by Gasteiger charge is -2.04. The normalized spacial score (nSPS) is 11.7. The molecule has 2 rings (SSSR count). The maximum absolute atomic E-state index is 11.9. The quantitative estimate of drug-likeness (QED) is 0.842. The van der Waals surface area contributed by atoms with E-state index in [4.69, 9.17) is 0 Å². The summed E-state index contributed by atoms with van der Waals surface area (Å²) in [5.41, 5.74) is 1.41. The second-order valence-electron chi connectivity index (χ2n) is 3.82. The minimum atomic E-state index is -3.54. The van der Waals surface area contributed by atoms with Gasteiger partial charge in [0, 0.05) is 18.9 Å². The molecule has 0 unspecified atom stereocenters. The molecule has 0 aromatic carbocycles. The first kappa shape index (κ1) is 12.7.